The predicted molar refractivity (Wildman–Crippen MR) is 59.5 cm³/mol. The van der Waals surface area contributed by atoms with E-state index in [4.69, 9.17) is 0 Å². The smallest absolute Gasteiger partial charge is 0.0951 e. The van der Waals surface area contributed by atoms with Gasteiger partial charge in [0.2, 0.25) is 0 Å². The topological polar surface area (TPSA) is 29.9 Å². The summed E-state index contributed by atoms with van der Waals surface area (Å²) in [6.45, 7) is 2.16. The van der Waals surface area contributed by atoms with Crippen molar-refractivity contribution in [2.45, 2.75) is 44.7 Å². The molecule has 3 rings (SSSR count). The van der Waals surface area contributed by atoms with E-state index in [-0.39, 0.29) is 0 Å². The zero-order chi connectivity index (χ0) is 10.1. The second-order valence-corrected chi connectivity index (χ2v) is 4.93. The van der Waals surface area contributed by atoms with Gasteiger partial charge in [0.15, 0.2) is 0 Å². The van der Waals surface area contributed by atoms with E-state index in [2.05, 4.69) is 14.9 Å². The summed E-state index contributed by atoms with van der Waals surface area (Å²) in [5.74, 6) is 1.03. The molecular weight excluding hydrogens is 186 g/mol. The van der Waals surface area contributed by atoms with Crippen molar-refractivity contribution in [1.82, 2.24) is 14.9 Å². The molecule has 15 heavy (non-hydrogen) atoms. The number of imidazole rings is 1. The summed E-state index contributed by atoms with van der Waals surface area (Å²) in [6, 6.07) is 0.757. The molecule has 2 fully saturated rings. The normalized spacial score (nSPS) is 20.8. The number of nitrogens with zero attached hydrogens (tertiary/aromatic N) is 2. The first kappa shape index (κ1) is 9.40. The first-order valence-electron chi connectivity index (χ1n) is 6.15. The van der Waals surface area contributed by atoms with Gasteiger partial charge in [0, 0.05) is 18.8 Å². The molecule has 2 aliphatic rings. The van der Waals surface area contributed by atoms with Crippen molar-refractivity contribution in [2.75, 3.05) is 6.54 Å². The van der Waals surface area contributed by atoms with E-state index in [0.29, 0.717) is 0 Å². The van der Waals surface area contributed by atoms with Crippen LogP contribution in [-0.2, 0) is 6.54 Å². The summed E-state index contributed by atoms with van der Waals surface area (Å²) in [7, 11) is 0. The second kappa shape index (κ2) is 3.97. The molecule has 3 heteroatoms. The molecule has 0 atom stereocenters. The lowest BCUT2D eigenvalue weighted by atomic mass is 10.3. The lowest BCUT2D eigenvalue weighted by Gasteiger charge is -2.07. The quantitative estimate of drug-likeness (QED) is 0.721. The van der Waals surface area contributed by atoms with Crippen molar-refractivity contribution in [3.8, 4) is 0 Å². The van der Waals surface area contributed by atoms with E-state index in [1.807, 2.05) is 12.5 Å². The van der Waals surface area contributed by atoms with Gasteiger partial charge < -0.3 is 9.88 Å². The molecule has 1 aromatic rings. The molecule has 0 bridgehead atoms. The largest absolute Gasteiger partial charge is 0.330 e. The highest BCUT2D eigenvalue weighted by molar-refractivity contribution is 5.03. The third-order valence-corrected chi connectivity index (χ3v) is 3.42. The van der Waals surface area contributed by atoms with Gasteiger partial charge in [-0.15, -0.1) is 0 Å². The Labute approximate surface area is 90.9 Å². The Balaban J connectivity index is 1.45. The van der Waals surface area contributed by atoms with Crippen molar-refractivity contribution in [2.24, 2.45) is 5.92 Å². The average Bonchev–Trinajstić information content (AvgIpc) is 3.15. The van der Waals surface area contributed by atoms with Gasteiger partial charge in [-0.2, -0.15) is 0 Å². The molecule has 0 unspecified atom stereocenters. The molecule has 82 valence electrons. The number of rotatable bonds is 6. The molecule has 0 radical (unpaired) electrons. The van der Waals surface area contributed by atoms with Crippen LogP contribution < -0.4 is 5.32 Å². The van der Waals surface area contributed by atoms with Crippen molar-refractivity contribution in [3.05, 3.63) is 18.2 Å². The van der Waals surface area contributed by atoms with E-state index >= 15 is 0 Å². The maximum Gasteiger partial charge on any atom is 0.0951 e. The van der Waals surface area contributed by atoms with Gasteiger partial charge >= 0.3 is 0 Å². The molecule has 1 heterocycles. The van der Waals surface area contributed by atoms with Crippen LogP contribution in [0, 0.1) is 5.92 Å². The first-order chi connectivity index (χ1) is 7.43. The average molecular weight is 205 g/mol. The molecule has 0 aliphatic heterocycles. The van der Waals surface area contributed by atoms with Crippen LogP contribution >= 0.6 is 0 Å². The van der Waals surface area contributed by atoms with Gasteiger partial charge in [-0.25, -0.2) is 4.98 Å². The molecule has 1 N–H and O–H groups in total. The van der Waals surface area contributed by atoms with Gasteiger partial charge in [0.25, 0.3) is 0 Å². The predicted octanol–water partition coefficient (Wildman–Crippen LogP) is 2.11. The third kappa shape index (κ3) is 2.40. The fraction of sp³-hybridized carbons (Fsp3) is 0.750. The Morgan fingerprint density at radius 3 is 2.93 bits per heavy atom. The van der Waals surface area contributed by atoms with Crippen LogP contribution in [0.3, 0.4) is 0 Å². The van der Waals surface area contributed by atoms with Crippen molar-refractivity contribution < 1.29 is 0 Å². The molecule has 0 aromatic carbocycles. The molecule has 2 saturated carbocycles. The zero-order valence-corrected chi connectivity index (χ0v) is 9.15. The summed E-state index contributed by atoms with van der Waals surface area (Å²) >= 11 is 0. The molecule has 2 aliphatic carbocycles. The minimum atomic E-state index is 0.757. The van der Waals surface area contributed by atoms with Crippen LogP contribution in [0.15, 0.2) is 12.5 Å². The van der Waals surface area contributed by atoms with Gasteiger partial charge in [-0.3, -0.25) is 0 Å². The van der Waals surface area contributed by atoms with Crippen molar-refractivity contribution in [3.63, 3.8) is 0 Å². The Morgan fingerprint density at radius 2 is 2.20 bits per heavy atom. The number of hydrogen-bond donors (Lipinski definition) is 1. The Morgan fingerprint density at radius 1 is 1.33 bits per heavy atom. The highest BCUT2D eigenvalue weighted by Gasteiger charge is 2.25. The van der Waals surface area contributed by atoms with Crippen LogP contribution in [0.4, 0.5) is 0 Å². The van der Waals surface area contributed by atoms with Crippen LogP contribution in [0.5, 0.6) is 0 Å². The highest BCUT2D eigenvalue weighted by atomic mass is 15.1. The van der Waals surface area contributed by atoms with Gasteiger partial charge in [0.05, 0.1) is 12.0 Å². The summed E-state index contributed by atoms with van der Waals surface area (Å²) in [4.78, 5) is 4.23. The molecule has 1 aromatic heterocycles. The van der Waals surface area contributed by atoms with E-state index in [1.165, 1.54) is 44.3 Å². The maximum atomic E-state index is 4.23. The molecule has 0 spiro atoms. The lowest BCUT2D eigenvalue weighted by Crippen LogP contribution is -2.17. The fourth-order valence-corrected chi connectivity index (χ4v) is 2.08. The van der Waals surface area contributed by atoms with Crippen molar-refractivity contribution >= 4 is 0 Å². The molecule has 3 nitrogen and oxygen atoms in total. The summed E-state index contributed by atoms with van der Waals surface area (Å²) in [5.41, 5.74) is 1.35. The molecular formula is C12H19N3. The standard InChI is InChI=1S/C12H19N3/c1-2-10(1)5-6-13-7-12-8-14-9-15(12)11-3-4-11/h8-11,13H,1-7H2. The Hall–Kier alpha value is -0.830. The third-order valence-electron chi connectivity index (χ3n) is 3.42. The van der Waals surface area contributed by atoms with Crippen LogP contribution in [-0.4, -0.2) is 16.1 Å². The van der Waals surface area contributed by atoms with Gasteiger partial charge in [-0.05, 0) is 31.7 Å². The second-order valence-electron chi connectivity index (χ2n) is 4.93. The van der Waals surface area contributed by atoms with E-state index in [1.54, 1.807) is 0 Å². The Kier molecular flexibility index (Phi) is 2.49. The minimum absolute atomic E-state index is 0.757. The first-order valence-corrected chi connectivity index (χ1v) is 6.15. The van der Waals surface area contributed by atoms with Gasteiger partial charge in [0.1, 0.15) is 0 Å². The summed E-state index contributed by atoms with van der Waals surface area (Å²) in [6.07, 6.45) is 10.9. The molecule has 0 amide bonds. The number of nitrogens with one attached hydrogen (secondary N) is 1. The van der Waals surface area contributed by atoms with Crippen LogP contribution in [0.25, 0.3) is 0 Å². The lowest BCUT2D eigenvalue weighted by molar-refractivity contribution is 0.583. The van der Waals surface area contributed by atoms with Crippen LogP contribution in [0.1, 0.15) is 43.8 Å². The fourth-order valence-electron chi connectivity index (χ4n) is 2.08. The number of hydrogen-bond acceptors (Lipinski definition) is 2. The minimum Gasteiger partial charge on any atom is -0.330 e. The summed E-state index contributed by atoms with van der Waals surface area (Å²) in [5, 5.41) is 3.52. The van der Waals surface area contributed by atoms with E-state index in [0.717, 1.165) is 18.5 Å². The Bertz CT molecular complexity index is 323. The monoisotopic (exact) mass is 205 g/mol. The maximum absolute atomic E-state index is 4.23. The van der Waals surface area contributed by atoms with Crippen molar-refractivity contribution in [1.29, 1.82) is 0 Å². The summed E-state index contributed by atoms with van der Waals surface area (Å²) < 4.78 is 2.34. The van der Waals surface area contributed by atoms with Gasteiger partial charge in [-0.1, -0.05) is 12.8 Å². The highest BCUT2D eigenvalue weighted by Crippen LogP contribution is 2.35. The van der Waals surface area contributed by atoms with E-state index < -0.39 is 0 Å². The molecule has 0 saturated heterocycles. The van der Waals surface area contributed by atoms with E-state index in [9.17, 15) is 0 Å². The SMILES string of the molecule is c1ncn(C2CC2)c1CNCCC1CC1. The van der Waals surface area contributed by atoms with Crippen LogP contribution in [0.2, 0.25) is 0 Å². The zero-order valence-electron chi connectivity index (χ0n) is 9.15. The number of aromatic nitrogens is 2.